The van der Waals surface area contributed by atoms with Crippen LogP contribution in [-0.2, 0) is 6.54 Å². The van der Waals surface area contributed by atoms with Gasteiger partial charge in [0.15, 0.2) is 6.54 Å². The molecule has 5 rings (SSSR count). The highest BCUT2D eigenvalue weighted by molar-refractivity contribution is 8.03. The first-order valence-corrected chi connectivity index (χ1v) is 16.9. The number of unbranched alkanes of at least 4 members (excludes halogenated alkanes) is 6. The first-order chi connectivity index (χ1) is 20.2. The van der Waals surface area contributed by atoms with E-state index in [9.17, 15) is 5.11 Å². The number of thiazole rings is 1. The average Bonchev–Trinajstić information content (AvgIpc) is 3.53. The van der Waals surface area contributed by atoms with Crippen LogP contribution in [0, 0.1) is 0 Å². The number of allylic oxidation sites excluding steroid dienone is 3. The Morgan fingerprint density at radius 2 is 1.68 bits per heavy atom. The number of hydrogen-bond donors (Lipinski definition) is 1. The number of aromatic nitrogens is 1. The van der Waals surface area contributed by atoms with Crippen LogP contribution in [0.5, 0.6) is 0 Å². The molecule has 1 aromatic heterocycles. The molecule has 0 amide bonds. The molecule has 0 radical (unpaired) electrons. The number of thioether (sulfide) groups is 1. The summed E-state index contributed by atoms with van der Waals surface area (Å²) in [4.78, 5) is 8.53. The van der Waals surface area contributed by atoms with Crippen LogP contribution in [0.25, 0.3) is 16.3 Å². The normalized spacial score (nSPS) is 17.8. The van der Waals surface area contributed by atoms with Crippen LogP contribution in [0.15, 0.2) is 86.4 Å². The monoisotopic (exact) mass is 587 g/mol. The van der Waals surface area contributed by atoms with Crippen molar-refractivity contribution in [1.29, 1.82) is 0 Å². The summed E-state index contributed by atoms with van der Waals surface area (Å²) in [5.41, 5.74) is 8.79. The minimum absolute atomic E-state index is 0.0952. The van der Waals surface area contributed by atoms with Crippen LogP contribution >= 0.6 is 23.1 Å². The summed E-state index contributed by atoms with van der Waals surface area (Å²) in [6, 6.07) is 17.1. The number of rotatable bonds is 14. The lowest BCUT2D eigenvalue weighted by Gasteiger charge is -2.33. The second kappa shape index (κ2) is 14.3. The molecular weight excluding hydrogens is 545 g/mol. The first-order valence-electron chi connectivity index (χ1n) is 15.3. The molecule has 5 nitrogen and oxygen atoms in total. The molecule has 0 saturated heterocycles. The summed E-state index contributed by atoms with van der Waals surface area (Å²) in [5.74, 6) is 0.0952. The minimum Gasteiger partial charge on any atom is -0.872 e. The second-order valence-corrected chi connectivity index (χ2v) is 12.9. The van der Waals surface area contributed by atoms with Gasteiger partial charge in [-0.1, -0.05) is 99.1 Å². The highest BCUT2D eigenvalue weighted by Crippen LogP contribution is 2.47. The first kappa shape index (κ1) is 29.6. The van der Waals surface area contributed by atoms with Crippen molar-refractivity contribution >= 4 is 50.8 Å². The topological polar surface area (TPSA) is 70.2 Å². The third-order valence-corrected chi connectivity index (χ3v) is 9.93. The molecule has 0 unspecified atom stereocenters. The Labute approximate surface area is 253 Å². The highest BCUT2D eigenvalue weighted by Gasteiger charge is 2.30. The van der Waals surface area contributed by atoms with Crippen molar-refractivity contribution in [2.45, 2.75) is 76.7 Å². The second-order valence-electron chi connectivity index (χ2n) is 10.8. The maximum absolute atomic E-state index is 13.8. The fourth-order valence-electron chi connectivity index (χ4n) is 5.49. The van der Waals surface area contributed by atoms with Crippen molar-refractivity contribution in [3.8, 4) is 0 Å². The van der Waals surface area contributed by atoms with Crippen molar-refractivity contribution < 1.29 is 15.4 Å². The van der Waals surface area contributed by atoms with Crippen LogP contribution in [0.1, 0.15) is 70.2 Å². The molecule has 41 heavy (non-hydrogen) atoms. The van der Waals surface area contributed by atoms with Gasteiger partial charge < -0.3 is 15.7 Å². The Bertz CT molecular complexity index is 1480. The average molecular weight is 588 g/mol. The van der Waals surface area contributed by atoms with Gasteiger partial charge in [-0.15, -0.1) is 0 Å². The smallest absolute Gasteiger partial charge is 0.263 e. The van der Waals surface area contributed by atoms with E-state index in [4.69, 9.17) is 4.99 Å². The summed E-state index contributed by atoms with van der Waals surface area (Å²) in [7, 11) is 0. The van der Waals surface area contributed by atoms with E-state index in [0.29, 0.717) is 13.1 Å². The van der Waals surface area contributed by atoms with Gasteiger partial charge in [-0.05, 0) is 42.7 Å². The molecule has 2 aromatic carbocycles. The van der Waals surface area contributed by atoms with Crippen LogP contribution in [-0.4, -0.2) is 25.3 Å². The van der Waals surface area contributed by atoms with E-state index in [2.05, 4.69) is 89.7 Å². The molecule has 2 aliphatic rings. The van der Waals surface area contributed by atoms with E-state index in [1.54, 1.807) is 23.1 Å². The lowest BCUT2D eigenvalue weighted by atomic mass is 9.86. The van der Waals surface area contributed by atoms with E-state index >= 15 is 0 Å². The minimum atomic E-state index is 0.0952. The molecule has 3 aromatic rings. The maximum atomic E-state index is 13.8. The zero-order valence-electron chi connectivity index (χ0n) is 24.5. The van der Waals surface area contributed by atoms with Crippen molar-refractivity contribution in [2.75, 3.05) is 24.5 Å². The van der Waals surface area contributed by atoms with Crippen molar-refractivity contribution in [2.24, 2.45) is 4.99 Å². The van der Waals surface area contributed by atoms with E-state index in [1.165, 1.54) is 59.3 Å². The predicted molar refractivity (Wildman–Crippen MR) is 173 cm³/mol. The van der Waals surface area contributed by atoms with Crippen molar-refractivity contribution in [3.05, 3.63) is 81.5 Å². The quantitative estimate of drug-likeness (QED) is 0.173. The van der Waals surface area contributed by atoms with Crippen molar-refractivity contribution in [1.82, 2.24) is 0 Å². The SMILES string of the molecule is CCCCCCN1C(=CC2=C([O-])C(=Cc3sc4ccccc4[n+]3CCCCCC)C2=NCC[NH3+])Sc2ccccc21. The van der Waals surface area contributed by atoms with Gasteiger partial charge in [0.05, 0.1) is 29.5 Å². The molecule has 3 N–H and O–H groups in total. The van der Waals surface area contributed by atoms with Gasteiger partial charge in [0.1, 0.15) is 4.70 Å². The van der Waals surface area contributed by atoms with Crippen LogP contribution in [0.2, 0.25) is 0 Å². The number of anilines is 1. The largest absolute Gasteiger partial charge is 0.872 e. The van der Waals surface area contributed by atoms with E-state index in [-0.39, 0.29) is 5.76 Å². The van der Waals surface area contributed by atoms with Crippen LogP contribution in [0.3, 0.4) is 0 Å². The van der Waals surface area contributed by atoms with Crippen molar-refractivity contribution in [3.63, 3.8) is 0 Å². The molecule has 0 fully saturated rings. The van der Waals surface area contributed by atoms with E-state index in [0.717, 1.165) is 52.8 Å². The van der Waals surface area contributed by atoms with E-state index < -0.39 is 0 Å². The molecule has 1 aliphatic carbocycles. The number of aryl methyl sites for hydroxylation is 1. The van der Waals surface area contributed by atoms with Gasteiger partial charge in [0.2, 0.25) is 5.52 Å². The zero-order chi connectivity index (χ0) is 28.6. The summed E-state index contributed by atoms with van der Waals surface area (Å²) < 4.78 is 3.65. The number of hydrogen-bond acceptors (Lipinski definition) is 5. The third-order valence-electron chi connectivity index (χ3n) is 7.71. The van der Waals surface area contributed by atoms with Gasteiger partial charge >= 0.3 is 0 Å². The van der Waals surface area contributed by atoms with Gasteiger partial charge in [0.25, 0.3) is 5.01 Å². The molecule has 1 aliphatic heterocycles. The fourth-order valence-corrected chi connectivity index (χ4v) is 7.76. The number of benzene rings is 2. The van der Waals surface area contributed by atoms with E-state index in [1.807, 2.05) is 0 Å². The summed E-state index contributed by atoms with van der Waals surface area (Å²) in [5, 5.41) is 16.0. The Kier molecular flexibility index (Phi) is 10.4. The number of fused-ring (bicyclic) bond motifs is 2. The number of aliphatic imine (C=N–C) groups is 1. The summed E-state index contributed by atoms with van der Waals surface area (Å²) in [6.45, 7) is 7.74. The fraction of sp³-hybridized carbons (Fsp3) is 0.412. The summed E-state index contributed by atoms with van der Waals surface area (Å²) in [6.07, 6.45) is 13.9. The Hall–Kier alpha value is -2.87. The standard InChI is InChI=1S/C34H42N4OS2/c1-3-5-7-13-21-37-27-15-9-11-17-29(27)40-31(37)23-25-33(36-20-19-35)26(34(25)39)24-32-38(22-14-8-6-4-2)28-16-10-12-18-30(28)41-32/h9-12,15-18,23-24H,3-8,13-14,19-22,35H2,1-2H3/p+1. The number of nitrogens with zero attached hydrogens (tertiary/aromatic N) is 3. The molecule has 0 atom stereocenters. The molecule has 0 bridgehead atoms. The van der Waals surface area contributed by atoms with Crippen LogP contribution in [0.4, 0.5) is 5.69 Å². The summed E-state index contributed by atoms with van der Waals surface area (Å²) >= 11 is 3.52. The Balaban J connectivity index is 1.49. The molecule has 7 heteroatoms. The highest BCUT2D eigenvalue weighted by atomic mass is 32.2. The molecule has 216 valence electrons. The van der Waals surface area contributed by atoms with Gasteiger partial charge in [-0.3, -0.25) is 4.99 Å². The third kappa shape index (κ3) is 6.63. The van der Waals surface area contributed by atoms with Gasteiger partial charge in [-0.25, -0.2) is 0 Å². The maximum Gasteiger partial charge on any atom is 0.263 e. The Morgan fingerprint density at radius 1 is 0.927 bits per heavy atom. The lowest BCUT2D eigenvalue weighted by Crippen LogP contribution is -2.51. The van der Waals surface area contributed by atoms with Gasteiger partial charge in [-0.2, -0.15) is 4.57 Å². The molecule has 0 spiro atoms. The zero-order valence-corrected chi connectivity index (χ0v) is 26.2. The number of quaternary nitrogens is 1. The Morgan fingerprint density at radius 3 is 2.49 bits per heavy atom. The number of para-hydroxylation sites is 2. The molecule has 0 saturated carbocycles. The lowest BCUT2D eigenvalue weighted by molar-refractivity contribution is -0.669. The van der Waals surface area contributed by atoms with Crippen LogP contribution < -0.4 is 20.3 Å². The molecular formula is C34H43N4OS2+. The predicted octanol–water partition coefficient (Wildman–Crippen LogP) is 6.50. The molecule has 2 heterocycles. The van der Waals surface area contributed by atoms with Gasteiger partial charge in [0, 0.05) is 35.6 Å².